The zero-order valence-electron chi connectivity index (χ0n) is 11.8. The van der Waals surface area contributed by atoms with Crippen LogP contribution in [-0.2, 0) is 9.59 Å². The molecule has 1 saturated carbocycles. The number of Topliss-reactive ketones (excluding diaryl/α,β-unsaturated/α-hetero) is 1. The van der Waals surface area contributed by atoms with Crippen LogP contribution in [0.4, 0.5) is 0 Å². The van der Waals surface area contributed by atoms with Crippen molar-refractivity contribution in [2.24, 2.45) is 0 Å². The molecule has 4 rings (SSSR count). The Kier molecular flexibility index (Phi) is 2.85. The van der Waals surface area contributed by atoms with Crippen molar-refractivity contribution in [1.82, 2.24) is 4.90 Å². The Morgan fingerprint density at radius 1 is 1.23 bits per heavy atom. The molecule has 2 aliphatic heterocycles. The molecule has 6 nitrogen and oxygen atoms in total. The zero-order chi connectivity index (χ0) is 15.3. The second kappa shape index (κ2) is 4.76. The Morgan fingerprint density at radius 3 is 2.73 bits per heavy atom. The van der Waals surface area contributed by atoms with Crippen molar-refractivity contribution in [3.63, 3.8) is 0 Å². The van der Waals surface area contributed by atoms with Crippen molar-refractivity contribution < 1.29 is 24.2 Å². The molecule has 0 bridgehead atoms. The number of aliphatic carboxylic acids is 1. The predicted molar refractivity (Wildman–Crippen MR) is 75.5 cm³/mol. The summed E-state index contributed by atoms with van der Waals surface area (Å²) >= 11 is 0. The van der Waals surface area contributed by atoms with Crippen LogP contribution in [0.15, 0.2) is 30.0 Å². The van der Waals surface area contributed by atoms with Gasteiger partial charge in [-0.15, -0.1) is 0 Å². The summed E-state index contributed by atoms with van der Waals surface area (Å²) in [6.07, 6.45) is 3.74. The summed E-state index contributed by atoms with van der Waals surface area (Å²) in [5, 5.41) is 9.16. The van der Waals surface area contributed by atoms with Gasteiger partial charge < -0.3 is 19.5 Å². The standard InChI is InChI=1S/C16H15NO5/c18-13-6-12(9-1-4-14-15(5-9)22-8-21-14)17(10-2-3-10)7-11(13)16(19)20/h1,4-5,7,10,12H,2-3,6,8H2,(H,19,20). The van der Waals surface area contributed by atoms with E-state index in [1.807, 2.05) is 23.1 Å². The monoisotopic (exact) mass is 301 g/mol. The van der Waals surface area contributed by atoms with Crippen LogP contribution in [-0.4, -0.2) is 34.6 Å². The fourth-order valence-corrected chi connectivity index (χ4v) is 3.02. The molecule has 1 atom stereocenters. The van der Waals surface area contributed by atoms with Gasteiger partial charge in [-0.05, 0) is 30.5 Å². The van der Waals surface area contributed by atoms with Crippen molar-refractivity contribution in [1.29, 1.82) is 0 Å². The lowest BCUT2D eigenvalue weighted by Gasteiger charge is -2.34. The molecule has 114 valence electrons. The lowest BCUT2D eigenvalue weighted by atomic mass is 9.93. The van der Waals surface area contributed by atoms with Crippen LogP contribution in [0, 0.1) is 0 Å². The maximum atomic E-state index is 12.1. The molecule has 1 fully saturated rings. The smallest absolute Gasteiger partial charge is 0.340 e. The molecule has 1 unspecified atom stereocenters. The number of benzene rings is 1. The van der Waals surface area contributed by atoms with E-state index in [1.165, 1.54) is 6.20 Å². The van der Waals surface area contributed by atoms with Crippen molar-refractivity contribution in [3.8, 4) is 11.5 Å². The van der Waals surface area contributed by atoms with Crippen LogP contribution in [0.25, 0.3) is 0 Å². The Hall–Kier alpha value is -2.50. The highest BCUT2D eigenvalue weighted by molar-refractivity contribution is 6.17. The van der Waals surface area contributed by atoms with E-state index in [0.29, 0.717) is 17.5 Å². The summed E-state index contributed by atoms with van der Waals surface area (Å²) in [6.45, 7) is 0.206. The van der Waals surface area contributed by atoms with Gasteiger partial charge in [0.05, 0.1) is 6.04 Å². The number of carbonyl (C=O) groups is 2. The van der Waals surface area contributed by atoms with Crippen LogP contribution in [0.2, 0.25) is 0 Å². The van der Waals surface area contributed by atoms with E-state index < -0.39 is 5.97 Å². The maximum Gasteiger partial charge on any atom is 0.340 e. The lowest BCUT2D eigenvalue weighted by Crippen LogP contribution is -2.35. The molecule has 0 spiro atoms. The molecule has 3 aliphatic rings. The van der Waals surface area contributed by atoms with Crippen molar-refractivity contribution in [2.45, 2.75) is 31.3 Å². The Morgan fingerprint density at radius 2 is 2.00 bits per heavy atom. The number of carboxylic acid groups (broad SMARTS) is 1. The number of rotatable bonds is 3. The van der Waals surface area contributed by atoms with Crippen LogP contribution in [0.1, 0.15) is 30.9 Å². The highest BCUT2D eigenvalue weighted by Crippen LogP contribution is 2.42. The fourth-order valence-electron chi connectivity index (χ4n) is 3.02. The molecular formula is C16H15NO5. The van der Waals surface area contributed by atoms with Gasteiger partial charge in [-0.3, -0.25) is 4.79 Å². The first-order valence-electron chi connectivity index (χ1n) is 7.29. The SMILES string of the molecule is O=C(O)C1=CN(C2CC2)C(c2ccc3c(c2)OCO3)CC1=O. The first kappa shape index (κ1) is 13.2. The highest BCUT2D eigenvalue weighted by atomic mass is 16.7. The summed E-state index contributed by atoms with van der Waals surface area (Å²) in [5.41, 5.74) is 0.828. The van der Waals surface area contributed by atoms with Gasteiger partial charge in [0.1, 0.15) is 5.57 Å². The van der Waals surface area contributed by atoms with Gasteiger partial charge in [0.25, 0.3) is 0 Å². The molecular weight excluding hydrogens is 286 g/mol. The Labute approximate surface area is 126 Å². The zero-order valence-corrected chi connectivity index (χ0v) is 11.8. The predicted octanol–water partition coefficient (Wildman–Crippen LogP) is 1.86. The average molecular weight is 301 g/mol. The molecule has 1 aromatic rings. The number of hydrogen-bond donors (Lipinski definition) is 1. The quantitative estimate of drug-likeness (QED) is 0.859. The van der Waals surface area contributed by atoms with Crippen LogP contribution >= 0.6 is 0 Å². The molecule has 0 aromatic heterocycles. The van der Waals surface area contributed by atoms with Crippen molar-refractivity contribution >= 4 is 11.8 Å². The Bertz CT molecular complexity index is 692. The first-order chi connectivity index (χ1) is 10.6. The van der Waals surface area contributed by atoms with Crippen LogP contribution in [0.3, 0.4) is 0 Å². The van der Waals surface area contributed by atoms with Gasteiger partial charge in [0.15, 0.2) is 17.3 Å². The molecule has 1 N–H and O–H groups in total. The molecule has 0 amide bonds. The molecule has 0 radical (unpaired) electrons. The first-order valence-corrected chi connectivity index (χ1v) is 7.29. The molecule has 22 heavy (non-hydrogen) atoms. The van der Waals surface area contributed by atoms with E-state index in [0.717, 1.165) is 18.4 Å². The number of ketones is 1. The van der Waals surface area contributed by atoms with Gasteiger partial charge in [0.2, 0.25) is 6.79 Å². The number of nitrogens with zero attached hydrogens (tertiary/aromatic N) is 1. The third kappa shape index (κ3) is 2.11. The molecule has 2 heterocycles. The molecule has 1 aliphatic carbocycles. The maximum absolute atomic E-state index is 12.1. The van der Waals surface area contributed by atoms with E-state index in [2.05, 4.69) is 0 Å². The summed E-state index contributed by atoms with van der Waals surface area (Å²) < 4.78 is 10.7. The second-order valence-electron chi connectivity index (χ2n) is 5.78. The number of ether oxygens (including phenoxy) is 2. The minimum absolute atomic E-state index is 0.121. The highest BCUT2D eigenvalue weighted by Gasteiger charge is 2.39. The number of fused-ring (bicyclic) bond motifs is 1. The van der Waals surface area contributed by atoms with Gasteiger partial charge in [0, 0.05) is 18.7 Å². The fraction of sp³-hybridized carbons (Fsp3) is 0.375. The van der Waals surface area contributed by atoms with E-state index in [9.17, 15) is 9.59 Å². The third-order valence-corrected chi connectivity index (χ3v) is 4.30. The van der Waals surface area contributed by atoms with E-state index >= 15 is 0 Å². The normalized spacial score (nSPS) is 23.5. The van der Waals surface area contributed by atoms with Crippen LogP contribution in [0.5, 0.6) is 11.5 Å². The molecule has 0 saturated heterocycles. The third-order valence-electron chi connectivity index (χ3n) is 4.30. The minimum Gasteiger partial charge on any atom is -0.478 e. The number of carbonyl (C=O) groups excluding carboxylic acids is 1. The summed E-state index contributed by atoms with van der Waals surface area (Å²) in [5.74, 6) is -0.105. The van der Waals surface area contributed by atoms with E-state index in [1.54, 1.807) is 0 Å². The van der Waals surface area contributed by atoms with Crippen molar-refractivity contribution in [3.05, 3.63) is 35.5 Å². The minimum atomic E-state index is -1.15. The van der Waals surface area contributed by atoms with Gasteiger partial charge in [-0.1, -0.05) is 6.07 Å². The molecule has 1 aromatic carbocycles. The van der Waals surface area contributed by atoms with Gasteiger partial charge in [-0.25, -0.2) is 4.79 Å². The largest absolute Gasteiger partial charge is 0.478 e. The summed E-state index contributed by atoms with van der Waals surface area (Å²) in [4.78, 5) is 25.3. The van der Waals surface area contributed by atoms with Gasteiger partial charge in [-0.2, -0.15) is 0 Å². The second-order valence-corrected chi connectivity index (χ2v) is 5.78. The van der Waals surface area contributed by atoms with Gasteiger partial charge >= 0.3 is 5.97 Å². The number of hydrogen-bond acceptors (Lipinski definition) is 5. The van der Waals surface area contributed by atoms with Crippen molar-refractivity contribution in [2.75, 3.05) is 6.79 Å². The van der Waals surface area contributed by atoms with E-state index in [-0.39, 0.29) is 30.6 Å². The Balaban J connectivity index is 1.71. The lowest BCUT2D eigenvalue weighted by molar-refractivity contribution is -0.135. The summed E-state index contributed by atoms with van der Waals surface area (Å²) in [7, 11) is 0. The number of carboxylic acids is 1. The topological polar surface area (TPSA) is 76.1 Å². The van der Waals surface area contributed by atoms with E-state index in [4.69, 9.17) is 14.6 Å². The molecule has 6 heteroatoms. The van der Waals surface area contributed by atoms with Crippen LogP contribution < -0.4 is 9.47 Å². The average Bonchev–Trinajstić information content (AvgIpc) is 3.23. The summed E-state index contributed by atoms with van der Waals surface area (Å²) in [6, 6.07) is 5.81.